The molecule has 0 spiro atoms. The van der Waals surface area contributed by atoms with E-state index in [1.807, 2.05) is 32.0 Å². The van der Waals surface area contributed by atoms with Crippen molar-refractivity contribution in [2.75, 3.05) is 0 Å². The molecule has 0 atom stereocenters. The molecule has 1 nitrogen and oxygen atoms in total. The normalized spacial score (nSPS) is 11.2. The zero-order valence-electron chi connectivity index (χ0n) is 19.7. The molecule has 1 N–H and O–H groups in total. The van der Waals surface area contributed by atoms with Crippen LogP contribution < -0.4 is 21.2 Å². The van der Waals surface area contributed by atoms with Crippen molar-refractivity contribution in [1.82, 2.24) is 0 Å². The number of rotatable bonds is 4. The standard InChI is InChI=1S/C24H21P.C8H10O/c1-5-13-21(14-6-1)25(22-15-7-2-8-16-22,23-17-9-3-10-18-23)24-19-11-4-12-20-24;1-6-4-3-5-7(2)8(6)9/h1-20,25H;3-5,9H,1-2H3. The van der Waals surface area contributed by atoms with E-state index in [0.29, 0.717) is 5.75 Å². The Morgan fingerprint density at radius 3 is 0.882 bits per heavy atom. The minimum atomic E-state index is -2.30. The van der Waals surface area contributed by atoms with Gasteiger partial charge >= 0.3 is 150 Å². The van der Waals surface area contributed by atoms with Gasteiger partial charge in [-0.15, -0.1) is 0 Å². The first-order chi connectivity index (χ1) is 16.6. The van der Waals surface area contributed by atoms with Crippen LogP contribution >= 0.6 is 7.26 Å². The van der Waals surface area contributed by atoms with Gasteiger partial charge in [-0.1, -0.05) is 18.2 Å². The van der Waals surface area contributed by atoms with Crippen molar-refractivity contribution >= 4 is 28.5 Å². The van der Waals surface area contributed by atoms with Gasteiger partial charge in [0.25, 0.3) is 0 Å². The molecule has 0 radical (unpaired) electrons. The Kier molecular flexibility index (Phi) is 7.58. The van der Waals surface area contributed by atoms with E-state index in [2.05, 4.69) is 121 Å². The monoisotopic (exact) mass is 462 g/mol. The molecule has 0 unspecified atom stereocenters. The predicted molar refractivity (Wildman–Crippen MR) is 150 cm³/mol. The van der Waals surface area contributed by atoms with E-state index in [4.69, 9.17) is 0 Å². The van der Waals surface area contributed by atoms with Crippen molar-refractivity contribution in [3.05, 3.63) is 151 Å². The summed E-state index contributed by atoms with van der Waals surface area (Å²) in [5.41, 5.74) is 1.88. The van der Waals surface area contributed by atoms with Gasteiger partial charge in [-0.2, -0.15) is 0 Å². The third kappa shape index (κ3) is 4.81. The summed E-state index contributed by atoms with van der Waals surface area (Å²) in [6.07, 6.45) is 0. The van der Waals surface area contributed by atoms with Crippen LogP contribution in [0.3, 0.4) is 0 Å². The first-order valence-electron chi connectivity index (χ1n) is 11.6. The minimum absolute atomic E-state index is 0.414. The van der Waals surface area contributed by atoms with E-state index in [0.717, 1.165) is 11.1 Å². The topological polar surface area (TPSA) is 20.2 Å². The van der Waals surface area contributed by atoms with E-state index in [-0.39, 0.29) is 0 Å². The van der Waals surface area contributed by atoms with Crippen molar-refractivity contribution in [2.45, 2.75) is 13.8 Å². The molecule has 0 aliphatic rings. The molecule has 0 aromatic heterocycles. The quantitative estimate of drug-likeness (QED) is 0.323. The average molecular weight is 463 g/mol. The summed E-state index contributed by atoms with van der Waals surface area (Å²) in [5, 5.41) is 14.9. The summed E-state index contributed by atoms with van der Waals surface area (Å²) in [5.74, 6) is 0.414. The zero-order valence-corrected chi connectivity index (χ0v) is 20.7. The Labute approximate surface area is 203 Å². The summed E-state index contributed by atoms with van der Waals surface area (Å²) < 4.78 is 0. The number of benzene rings is 5. The van der Waals surface area contributed by atoms with Gasteiger partial charge in [-0.05, 0) is 25.0 Å². The summed E-state index contributed by atoms with van der Waals surface area (Å²) in [7, 11) is -2.30. The van der Waals surface area contributed by atoms with E-state index < -0.39 is 7.26 Å². The number of hydrogen-bond donors (Lipinski definition) is 1. The second-order valence-electron chi connectivity index (χ2n) is 8.45. The van der Waals surface area contributed by atoms with Crippen LogP contribution in [0.2, 0.25) is 0 Å². The number of phenolic OH excluding ortho intramolecular Hbond substituents is 1. The summed E-state index contributed by atoms with van der Waals surface area (Å²) in [4.78, 5) is 0. The van der Waals surface area contributed by atoms with Crippen LogP contribution in [0.15, 0.2) is 140 Å². The molecule has 0 heterocycles. The molecule has 5 rings (SSSR count). The number of phenols is 1. The Bertz CT molecular complexity index is 1120. The van der Waals surface area contributed by atoms with Gasteiger partial charge in [-0.3, -0.25) is 0 Å². The fourth-order valence-electron chi connectivity index (χ4n) is 4.56. The summed E-state index contributed by atoms with van der Waals surface area (Å²) in [6, 6.07) is 49.7. The van der Waals surface area contributed by atoms with Crippen LogP contribution in [0, 0.1) is 13.8 Å². The molecule has 34 heavy (non-hydrogen) atoms. The molecule has 5 aromatic rings. The molecular formula is C32H31OP. The number of para-hydroxylation sites is 1. The fourth-order valence-corrected chi connectivity index (χ4v) is 9.33. The average Bonchev–Trinajstić information content (AvgIpc) is 2.91. The van der Waals surface area contributed by atoms with Crippen LogP contribution in [-0.2, 0) is 0 Å². The predicted octanol–water partition coefficient (Wildman–Crippen LogP) is 6.05. The Balaban J connectivity index is 0.000000257. The molecule has 0 fully saturated rings. The van der Waals surface area contributed by atoms with Crippen LogP contribution in [0.25, 0.3) is 0 Å². The first kappa shape index (κ1) is 23.5. The van der Waals surface area contributed by atoms with Crippen molar-refractivity contribution in [1.29, 1.82) is 0 Å². The van der Waals surface area contributed by atoms with E-state index >= 15 is 0 Å². The summed E-state index contributed by atoms with van der Waals surface area (Å²) in [6.45, 7) is 3.78. The SMILES string of the molecule is Cc1cccc(C)c1O.c1ccc([PH](c2ccccc2)(c2ccccc2)c2ccccc2)cc1. The molecule has 5 aromatic carbocycles. The van der Waals surface area contributed by atoms with Crippen molar-refractivity contribution < 1.29 is 5.11 Å². The first-order valence-corrected chi connectivity index (χ1v) is 13.6. The van der Waals surface area contributed by atoms with E-state index in [1.54, 1.807) is 0 Å². The second-order valence-corrected chi connectivity index (χ2v) is 12.3. The van der Waals surface area contributed by atoms with Gasteiger partial charge in [0, 0.05) is 0 Å². The molecular weight excluding hydrogens is 431 g/mol. The van der Waals surface area contributed by atoms with Gasteiger partial charge in [-0.25, -0.2) is 0 Å². The Morgan fingerprint density at radius 1 is 0.382 bits per heavy atom. The molecule has 0 aliphatic heterocycles. The van der Waals surface area contributed by atoms with E-state index in [1.165, 1.54) is 21.2 Å². The molecule has 2 heteroatoms. The third-order valence-electron chi connectivity index (χ3n) is 6.27. The third-order valence-corrected chi connectivity index (χ3v) is 11.1. The number of hydrogen-bond acceptors (Lipinski definition) is 1. The second kappa shape index (κ2) is 11.0. The maximum absolute atomic E-state index is 9.21. The van der Waals surface area contributed by atoms with Crippen LogP contribution in [0.5, 0.6) is 5.75 Å². The molecule has 0 amide bonds. The van der Waals surface area contributed by atoms with E-state index in [9.17, 15) is 5.11 Å². The molecule has 170 valence electrons. The summed E-state index contributed by atoms with van der Waals surface area (Å²) >= 11 is 0. The van der Waals surface area contributed by atoms with Crippen molar-refractivity contribution in [3.8, 4) is 5.75 Å². The van der Waals surface area contributed by atoms with Crippen molar-refractivity contribution in [3.63, 3.8) is 0 Å². The van der Waals surface area contributed by atoms with Crippen LogP contribution in [0.1, 0.15) is 11.1 Å². The van der Waals surface area contributed by atoms with Gasteiger partial charge in [0.1, 0.15) is 5.75 Å². The van der Waals surface area contributed by atoms with Crippen LogP contribution in [0.4, 0.5) is 0 Å². The van der Waals surface area contributed by atoms with Gasteiger partial charge in [0.2, 0.25) is 0 Å². The zero-order chi connectivity index (χ0) is 23.8. The van der Waals surface area contributed by atoms with Crippen LogP contribution in [-0.4, -0.2) is 5.11 Å². The fraction of sp³-hybridized carbons (Fsp3) is 0.0625. The maximum atomic E-state index is 9.21. The van der Waals surface area contributed by atoms with Crippen molar-refractivity contribution in [2.24, 2.45) is 0 Å². The molecule has 0 bridgehead atoms. The molecule has 0 saturated carbocycles. The molecule has 0 saturated heterocycles. The Hall–Kier alpha value is -3.67. The number of aromatic hydroxyl groups is 1. The van der Waals surface area contributed by atoms with Gasteiger partial charge in [0.15, 0.2) is 0 Å². The number of aryl methyl sites for hydroxylation is 2. The van der Waals surface area contributed by atoms with Gasteiger partial charge < -0.3 is 5.11 Å². The molecule has 0 aliphatic carbocycles. The van der Waals surface area contributed by atoms with Gasteiger partial charge in [0.05, 0.1) is 0 Å². The Morgan fingerprint density at radius 2 is 0.647 bits per heavy atom.